The average Bonchev–Trinajstić information content (AvgIpc) is 3.35. The van der Waals surface area contributed by atoms with Gasteiger partial charge in [-0.15, -0.1) is 0 Å². The van der Waals surface area contributed by atoms with E-state index in [-0.39, 0.29) is 31.1 Å². The van der Waals surface area contributed by atoms with Gasteiger partial charge in [-0.2, -0.15) is 0 Å². The molecule has 0 spiro atoms. The van der Waals surface area contributed by atoms with Crippen LogP contribution in [0.15, 0.2) is 97.2 Å². The van der Waals surface area contributed by atoms with E-state index in [1.165, 1.54) is 89.9 Å². The highest BCUT2D eigenvalue weighted by molar-refractivity contribution is 5.71. The van der Waals surface area contributed by atoms with E-state index in [2.05, 4.69) is 118 Å². The standard InChI is InChI=1S/C63H106O6/c1-4-7-10-13-16-19-22-25-27-28-29-30-31-32-33-34-35-36-37-39-41-44-47-50-53-56-62(65)68-59-60(58-67-61(64)55-52-49-46-43-40-24-21-18-15-12-9-6-3)69-63(66)57-54-51-48-45-42-38-26-23-20-17-14-11-8-5-2/h7,10,14,16-17,19,23,25-27,29-30,32-33,35-36,60H,4-6,8-9,11-13,15,18,20-22,24,28,31,34,37-59H2,1-3H3/b10-7-,17-14-,19-16-,26-23-,27-25-,30-29-,33-32-,36-35-. The van der Waals surface area contributed by atoms with Crippen molar-refractivity contribution < 1.29 is 28.6 Å². The molecule has 0 aliphatic carbocycles. The van der Waals surface area contributed by atoms with Gasteiger partial charge < -0.3 is 14.2 Å². The van der Waals surface area contributed by atoms with Crippen LogP contribution >= 0.6 is 0 Å². The van der Waals surface area contributed by atoms with Gasteiger partial charge in [0.25, 0.3) is 0 Å². The Hall–Kier alpha value is -3.67. The Kier molecular flexibility index (Phi) is 53.9. The fourth-order valence-corrected chi connectivity index (χ4v) is 7.76. The Morgan fingerprint density at radius 2 is 0.580 bits per heavy atom. The largest absolute Gasteiger partial charge is 0.462 e. The quantitative estimate of drug-likeness (QED) is 0.0262. The first-order valence-electron chi connectivity index (χ1n) is 28.7. The van der Waals surface area contributed by atoms with E-state index in [4.69, 9.17) is 14.2 Å². The molecule has 69 heavy (non-hydrogen) atoms. The van der Waals surface area contributed by atoms with Gasteiger partial charge in [-0.25, -0.2) is 0 Å². The summed E-state index contributed by atoms with van der Waals surface area (Å²) in [6, 6.07) is 0. The number of allylic oxidation sites excluding steroid dienone is 16. The summed E-state index contributed by atoms with van der Waals surface area (Å²) >= 11 is 0. The molecule has 0 aliphatic rings. The number of hydrogen-bond acceptors (Lipinski definition) is 6. The van der Waals surface area contributed by atoms with Gasteiger partial charge in [0.05, 0.1) is 0 Å². The third-order valence-electron chi connectivity index (χ3n) is 12.1. The summed E-state index contributed by atoms with van der Waals surface area (Å²) in [5, 5.41) is 0. The highest BCUT2D eigenvalue weighted by Gasteiger charge is 2.19. The molecule has 0 bridgehead atoms. The smallest absolute Gasteiger partial charge is 0.306 e. The van der Waals surface area contributed by atoms with Gasteiger partial charge in [0.1, 0.15) is 13.2 Å². The summed E-state index contributed by atoms with van der Waals surface area (Å²) in [4.78, 5) is 38.1. The predicted molar refractivity (Wildman–Crippen MR) is 297 cm³/mol. The SMILES string of the molecule is CC/C=C\C/C=C\C/C=C\C/C=C\C/C=C\C/C=C\CCCCCCCCC(=O)OCC(COC(=O)CCCCCCCCCCCCCC)OC(=O)CCCCCCC/C=C\C/C=C\CCCC. The second-order valence-electron chi connectivity index (χ2n) is 18.8. The van der Waals surface area contributed by atoms with Crippen LogP contribution < -0.4 is 0 Å². The zero-order chi connectivity index (χ0) is 50.0. The van der Waals surface area contributed by atoms with Gasteiger partial charge in [-0.3, -0.25) is 14.4 Å². The van der Waals surface area contributed by atoms with Gasteiger partial charge >= 0.3 is 17.9 Å². The first-order valence-corrected chi connectivity index (χ1v) is 28.7. The molecule has 0 fully saturated rings. The van der Waals surface area contributed by atoms with Gasteiger partial charge in [0.2, 0.25) is 0 Å². The minimum Gasteiger partial charge on any atom is -0.462 e. The molecule has 0 rings (SSSR count). The molecule has 0 saturated carbocycles. The first kappa shape index (κ1) is 65.3. The molecule has 0 aliphatic heterocycles. The molecule has 1 atom stereocenters. The lowest BCUT2D eigenvalue weighted by Gasteiger charge is -2.18. The van der Waals surface area contributed by atoms with Crippen molar-refractivity contribution in [1.82, 2.24) is 0 Å². The maximum atomic E-state index is 12.8. The number of esters is 3. The lowest BCUT2D eigenvalue weighted by atomic mass is 10.0. The van der Waals surface area contributed by atoms with Crippen molar-refractivity contribution in [2.75, 3.05) is 13.2 Å². The molecule has 0 aromatic heterocycles. The minimum atomic E-state index is -0.790. The van der Waals surface area contributed by atoms with Gasteiger partial charge in [0, 0.05) is 19.3 Å². The number of hydrogen-bond donors (Lipinski definition) is 0. The zero-order valence-corrected chi connectivity index (χ0v) is 45.0. The van der Waals surface area contributed by atoms with Crippen molar-refractivity contribution in [2.45, 2.75) is 271 Å². The molecular weight excluding hydrogens is 853 g/mol. The van der Waals surface area contributed by atoms with Crippen molar-refractivity contribution in [3.63, 3.8) is 0 Å². The zero-order valence-electron chi connectivity index (χ0n) is 45.0. The van der Waals surface area contributed by atoms with Gasteiger partial charge in [0.15, 0.2) is 6.10 Å². The third kappa shape index (κ3) is 55.1. The van der Waals surface area contributed by atoms with Gasteiger partial charge in [-0.05, 0) is 96.3 Å². The van der Waals surface area contributed by atoms with Crippen molar-refractivity contribution in [2.24, 2.45) is 0 Å². The van der Waals surface area contributed by atoms with E-state index in [0.717, 1.165) is 135 Å². The van der Waals surface area contributed by atoms with E-state index >= 15 is 0 Å². The van der Waals surface area contributed by atoms with E-state index in [0.29, 0.717) is 19.3 Å². The summed E-state index contributed by atoms with van der Waals surface area (Å²) in [5.41, 5.74) is 0. The normalized spacial score (nSPS) is 12.8. The molecule has 0 amide bonds. The Morgan fingerprint density at radius 3 is 0.928 bits per heavy atom. The second-order valence-corrected chi connectivity index (χ2v) is 18.8. The molecule has 0 aromatic rings. The first-order chi connectivity index (χ1) is 34.0. The second kappa shape index (κ2) is 56.9. The van der Waals surface area contributed by atoms with Crippen LogP contribution in [0.3, 0.4) is 0 Å². The minimum absolute atomic E-state index is 0.0866. The van der Waals surface area contributed by atoms with Gasteiger partial charge in [-0.1, -0.05) is 246 Å². The van der Waals surface area contributed by atoms with Crippen molar-refractivity contribution in [3.05, 3.63) is 97.2 Å². The molecular formula is C63H106O6. The third-order valence-corrected chi connectivity index (χ3v) is 12.1. The molecule has 0 N–H and O–H groups in total. The monoisotopic (exact) mass is 959 g/mol. The van der Waals surface area contributed by atoms with Crippen LogP contribution in [0.2, 0.25) is 0 Å². The summed E-state index contributed by atoms with van der Waals surface area (Å²) in [7, 11) is 0. The Balaban J connectivity index is 4.35. The fourth-order valence-electron chi connectivity index (χ4n) is 7.76. The lowest BCUT2D eigenvalue weighted by Crippen LogP contribution is -2.30. The number of carbonyl (C=O) groups excluding carboxylic acids is 3. The number of rotatable bonds is 51. The molecule has 6 heteroatoms. The topological polar surface area (TPSA) is 78.9 Å². The summed E-state index contributed by atoms with van der Waals surface area (Å²) in [6.07, 6.45) is 75.4. The predicted octanol–water partition coefficient (Wildman–Crippen LogP) is 19.3. The number of carbonyl (C=O) groups is 3. The van der Waals surface area contributed by atoms with Crippen LogP contribution in [0.1, 0.15) is 265 Å². The molecule has 0 aromatic carbocycles. The van der Waals surface area contributed by atoms with E-state index in [9.17, 15) is 14.4 Å². The van der Waals surface area contributed by atoms with Crippen LogP contribution in [0.5, 0.6) is 0 Å². The maximum Gasteiger partial charge on any atom is 0.306 e. The molecule has 6 nitrogen and oxygen atoms in total. The lowest BCUT2D eigenvalue weighted by molar-refractivity contribution is -0.167. The van der Waals surface area contributed by atoms with Crippen molar-refractivity contribution in [3.8, 4) is 0 Å². The van der Waals surface area contributed by atoms with E-state index in [1.54, 1.807) is 0 Å². The van der Waals surface area contributed by atoms with Crippen molar-refractivity contribution in [1.29, 1.82) is 0 Å². The van der Waals surface area contributed by atoms with Crippen LogP contribution in [-0.2, 0) is 28.6 Å². The van der Waals surface area contributed by atoms with Crippen LogP contribution in [0, 0.1) is 0 Å². The Bertz CT molecular complexity index is 1380. The Labute approximate surface area is 426 Å². The summed E-state index contributed by atoms with van der Waals surface area (Å²) in [6.45, 7) is 6.46. The van der Waals surface area contributed by atoms with E-state index in [1.807, 2.05) is 0 Å². The molecule has 0 heterocycles. The maximum absolute atomic E-state index is 12.8. The Morgan fingerprint density at radius 1 is 0.304 bits per heavy atom. The van der Waals surface area contributed by atoms with Crippen molar-refractivity contribution >= 4 is 17.9 Å². The van der Waals surface area contributed by atoms with Crippen LogP contribution in [-0.4, -0.2) is 37.2 Å². The summed E-state index contributed by atoms with van der Waals surface area (Å²) < 4.78 is 16.8. The molecule has 0 radical (unpaired) electrons. The average molecular weight is 960 g/mol. The van der Waals surface area contributed by atoms with Crippen LogP contribution in [0.4, 0.5) is 0 Å². The fraction of sp³-hybridized carbons (Fsp3) is 0.698. The number of ether oxygens (including phenoxy) is 3. The molecule has 0 saturated heterocycles. The van der Waals surface area contributed by atoms with E-state index < -0.39 is 6.10 Å². The highest BCUT2D eigenvalue weighted by Crippen LogP contribution is 2.15. The van der Waals surface area contributed by atoms with Crippen LogP contribution in [0.25, 0.3) is 0 Å². The molecule has 1 unspecified atom stereocenters. The molecule has 394 valence electrons. The number of unbranched alkanes of at least 4 members (excludes halogenated alkanes) is 24. The highest BCUT2D eigenvalue weighted by atomic mass is 16.6. The summed E-state index contributed by atoms with van der Waals surface area (Å²) in [5.74, 6) is -0.913.